The lowest BCUT2D eigenvalue weighted by Crippen LogP contribution is -2.07. The first-order valence-corrected chi connectivity index (χ1v) is 30.6. The lowest BCUT2D eigenvalue weighted by atomic mass is 9.91. The molecule has 0 aliphatic carbocycles. The van der Waals surface area contributed by atoms with Gasteiger partial charge in [-0.3, -0.25) is 0 Å². The van der Waals surface area contributed by atoms with Gasteiger partial charge in [0.05, 0.1) is 56.5 Å². The van der Waals surface area contributed by atoms with Crippen LogP contribution in [0.5, 0.6) is 0 Å². The Morgan fingerprint density at radius 3 is 0.864 bits per heavy atom. The SMILES string of the molecule is Cc1cc(C)c(-c2ccc3c(c2)c2cc(-c4c(C)cc(C)cc4C)ccc2n3-c2cc(C#N)c(-c3nc(-c4ccccc4)cc(-c4ccccc4)n3)cc2-n2c3ccc(-c4c(C)cc(C)cc4C)cc3c3cc(-c4c(C)cc(C)cc4C)ccc32)c(C)c1. The van der Waals surface area contributed by atoms with E-state index in [1.54, 1.807) is 0 Å². The van der Waals surface area contributed by atoms with Gasteiger partial charge in [-0.1, -0.05) is 156 Å². The van der Waals surface area contributed by atoms with E-state index in [1.165, 1.54) is 111 Å². The molecule has 0 bridgehead atoms. The lowest BCUT2D eigenvalue weighted by Gasteiger charge is -2.20. The van der Waals surface area contributed by atoms with E-state index in [0.717, 1.165) is 77.5 Å². The molecule has 0 aliphatic rings. The van der Waals surface area contributed by atoms with Crippen molar-refractivity contribution < 1.29 is 0 Å². The van der Waals surface area contributed by atoms with Crippen molar-refractivity contribution in [3.05, 3.63) is 273 Å². The monoisotopic (exact) mass is 1140 g/mol. The first-order valence-electron chi connectivity index (χ1n) is 30.6. The zero-order valence-electron chi connectivity index (χ0n) is 52.3. The second-order valence-electron chi connectivity index (χ2n) is 24.9. The number of fused-ring (bicyclic) bond motifs is 6. The van der Waals surface area contributed by atoms with Gasteiger partial charge in [-0.25, -0.2) is 9.97 Å². The molecule has 0 atom stereocenters. The standard InChI is InChI=1S/C83H69N5/c1-47-31-51(5)79(52(6)32-47)61-23-27-73-67(39-61)68-40-62(80-53(7)33-48(2)34-54(80)8)24-28-74(68)87(73)77-43-65(46-84)66(83-85-71(59-19-15-13-16-20-59)45-72(86-83)60-21-17-14-18-22-60)44-78(77)88-75-29-25-63(81-55(9)35-49(3)36-56(81)10)41-69(75)70-42-64(26-30-76(70)88)82-57(11)37-50(4)38-58(82)12/h13-45H,1-12H3. The van der Waals surface area contributed by atoms with E-state index in [-0.39, 0.29) is 0 Å². The second kappa shape index (κ2) is 21.5. The Balaban J connectivity index is 1.13. The minimum atomic E-state index is 0.462. The predicted octanol–water partition coefficient (Wildman–Crippen LogP) is 21.9. The summed E-state index contributed by atoms with van der Waals surface area (Å²) in [6.45, 7) is 26.6. The van der Waals surface area contributed by atoms with Crippen molar-refractivity contribution >= 4 is 43.6 Å². The molecule has 88 heavy (non-hydrogen) atoms. The van der Waals surface area contributed by atoms with Gasteiger partial charge in [0, 0.05) is 38.2 Å². The molecule has 0 fully saturated rings. The Hall–Kier alpha value is -10.4. The normalized spacial score (nSPS) is 11.6. The summed E-state index contributed by atoms with van der Waals surface area (Å²) in [7, 11) is 0. The minimum Gasteiger partial charge on any atom is -0.307 e. The van der Waals surface area contributed by atoms with Gasteiger partial charge in [0.1, 0.15) is 0 Å². The quantitative estimate of drug-likeness (QED) is 0.145. The van der Waals surface area contributed by atoms with E-state index in [0.29, 0.717) is 17.0 Å². The van der Waals surface area contributed by atoms with Crippen LogP contribution in [0.25, 0.3) is 133 Å². The Morgan fingerprint density at radius 1 is 0.295 bits per heavy atom. The predicted molar refractivity (Wildman–Crippen MR) is 370 cm³/mol. The fourth-order valence-electron chi connectivity index (χ4n) is 15.0. The van der Waals surface area contributed by atoms with E-state index in [2.05, 4.69) is 262 Å². The summed E-state index contributed by atoms with van der Waals surface area (Å²) >= 11 is 0. The van der Waals surface area contributed by atoms with E-state index in [4.69, 9.17) is 9.97 Å². The Morgan fingerprint density at radius 2 is 0.580 bits per heavy atom. The highest BCUT2D eigenvalue weighted by Crippen LogP contribution is 2.46. The van der Waals surface area contributed by atoms with E-state index < -0.39 is 0 Å². The van der Waals surface area contributed by atoms with Crippen LogP contribution in [0.4, 0.5) is 0 Å². The zero-order valence-corrected chi connectivity index (χ0v) is 52.3. The van der Waals surface area contributed by atoms with Gasteiger partial charge >= 0.3 is 0 Å². The van der Waals surface area contributed by atoms with Crippen LogP contribution in [-0.4, -0.2) is 19.1 Å². The molecule has 0 saturated heterocycles. The van der Waals surface area contributed by atoms with Gasteiger partial charge in [-0.15, -0.1) is 0 Å². The number of hydrogen-bond donors (Lipinski definition) is 0. The van der Waals surface area contributed by atoms with Crippen LogP contribution >= 0.6 is 0 Å². The maximum atomic E-state index is 11.8. The summed E-state index contributed by atoms with van der Waals surface area (Å²) in [6, 6.07) is 76.0. The summed E-state index contributed by atoms with van der Waals surface area (Å²) in [4.78, 5) is 10.8. The van der Waals surface area contributed by atoms with E-state index in [1.807, 2.05) is 36.4 Å². The Kier molecular flexibility index (Phi) is 13.6. The van der Waals surface area contributed by atoms with Crippen LogP contribution in [0.2, 0.25) is 0 Å². The molecule has 5 nitrogen and oxygen atoms in total. The van der Waals surface area contributed by atoms with Crippen LogP contribution in [0.3, 0.4) is 0 Å². The van der Waals surface area contributed by atoms with Crippen molar-refractivity contribution in [3.63, 3.8) is 0 Å². The molecule has 14 rings (SSSR count). The van der Waals surface area contributed by atoms with Gasteiger partial charge in [-0.05, 0) is 239 Å². The highest BCUT2D eigenvalue weighted by molar-refractivity contribution is 6.14. The van der Waals surface area contributed by atoms with Gasteiger partial charge < -0.3 is 9.13 Å². The minimum absolute atomic E-state index is 0.462. The molecular formula is C83H69N5. The molecule has 0 amide bonds. The number of aromatic nitrogens is 4. The number of nitriles is 1. The fraction of sp³-hybridized carbons (Fsp3) is 0.145. The number of nitrogens with zero attached hydrogens (tertiary/aromatic N) is 5. The Bertz CT molecular complexity index is 4900. The number of aryl methyl sites for hydroxylation is 12. The molecular weight excluding hydrogens is 1070 g/mol. The molecule has 5 heteroatoms. The van der Waals surface area contributed by atoms with Gasteiger partial charge in [0.2, 0.25) is 0 Å². The first-order chi connectivity index (χ1) is 42.5. The van der Waals surface area contributed by atoms with Gasteiger partial charge in [0.15, 0.2) is 5.82 Å². The second-order valence-corrected chi connectivity index (χ2v) is 24.9. The average Bonchev–Trinajstić information content (AvgIpc) is 1.58. The third kappa shape index (κ3) is 9.39. The highest BCUT2D eigenvalue weighted by atomic mass is 15.1. The molecule has 0 aliphatic heterocycles. The van der Waals surface area contributed by atoms with Crippen LogP contribution < -0.4 is 0 Å². The Labute approximate surface area is 516 Å². The van der Waals surface area contributed by atoms with Crippen LogP contribution in [-0.2, 0) is 0 Å². The number of hydrogen-bond acceptors (Lipinski definition) is 3. The molecule has 0 unspecified atom stereocenters. The molecule has 0 radical (unpaired) electrons. The molecule has 3 aromatic heterocycles. The van der Waals surface area contributed by atoms with Crippen LogP contribution in [0.15, 0.2) is 200 Å². The van der Waals surface area contributed by atoms with Crippen molar-refractivity contribution in [2.75, 3.05) is 0 Å². The van der Waals surface area contributed by atoms with Crippen molar-refractivity contribution in [2.45, 2.75) is 83.1 Å². The smallest absolute Gasteiger partial charge is 0.161 e. The summed E-state index contributed by atoms with van der Waals surface area (Å²) in [5, 5.41) is 16.3. The van der Waals surface area contributed by atoms with Crippen LogP contribution in [0, 0.1) is 94.4 Å². The van der Waals surface area contributed by atoms with E-state index >= 15 is 0 Å². The summed E-state index contributed by atoms with van der Waals surface area (Å²) in [5.74, 6) is 0.467. The summed E-state index contributed by atoms with van der Waals surface area (Å²) in [5.41, 5.74) is 35.1. The van der Waals surface area contributed by atoms with Gasteiger partial charge in [0.25, 0.3) is 0 Å². The molecule has 426 valence electrons. The number of rotatable bonds is 9. The molecule has 3 heterocycles. The van der Waals surface area contributed by atoms with Crippen molar-refractivity contribution in [1.29, 1.82) is 5.26 Å². The van der Waals surface area contributed by atoms with Gasteiger partial charge in [-0.2, -0.15) is 5.26 Å². The summed E-state index contributed by atoms with van der Waals surface area (Å²) < 4.78 is 4.86. The molecule has 0 saturated carbocycles. The third-order valence-electron chi connectivity index (χ3n) is 18.2. The number of benzene rings is 11. The average molecular weight is 1140 g/mol. The molecule has 0 N–H and O–H groups in total. The lowest BCUT2D eigenvalue weighted by molar-refractivity contribution is 1.09. The largest absolute Gasteiger partial charge is 0.307 e. The highest BCUT2D eigenvalue weighted by Gasteiger charge is 2.26. The van der Waals surface area contributed by atoms with Crippen molar-refractivity contribution in [2.24, 2.45) is 0 Å². The first kappa shape index (κ1) is 55.5. The maximum absolute atomic E-state index is 11.8. The van der Waals surface area contributed by atoms with Crippen LogP contribution in [0.1, 0.15) is 72.3 Å². The molecule has 0 spiro atoms. The van der Waals surface area contributed by atoms with Crippen molar-refractivity contribution in [1.82, 2.24) is 19.1 Å². The molecule has 14 aromatic rings. The van der Waals surface area contributed by atoms with Crippen molar-refractivity contribution in [3.8, 4) is 95.9 Å². The summed E-state index contributed by atoms with van der Waals surface area (Å²) in [6.07, 6.45) is 0. The van der Waals surface area contributed by atoms with E-state index in [9.17, 15) is 5.26 Å². The topological polar surface area (TPSA) is 59.4 Å². The zero-order chi connectivity index (χ0) is 61.0. The maximum Gasteiger partial charge on any atom is 0.161 e. The third-order valence-corrected chi connectivity index (χ3v) is 18.2. The fourth-order valence-corrected chi connectivity index (χ4v) is 15.0. The molecule has 11 aromatic carbocycles.